The van der Waals surface area contributed by atoms with Crippen molar-refractivity contribution in [2.75, 3.05) is 6.61 Å². The van der Waals surface area contributed by atoms with E-state index in [2.05, 4.69) is 6.58 Å². The maximum atomic E-state index is 11.3. The highest BCUT2D eigenvalue weighted by Crippen LogP contribution is 2.27. The van der Waals surface area contributed by atoms with E-state index < -0.39 is 17.9 Å². The van der Waals surface area contributed by atoms with Crippen molar-refractivity contribution in [3.05, 3.63) is 12.2 Å². The molecule has 2 unspecified atom stereocenters. The van der Waals surface area contributed by atoms with E-state index in [1.54, 1.807) is 13.8 Å². The minimum absolute atomic E-state index is 0.312. The molecule has 4 nitrogen and oxygen atoms in total. The molecule has 1 heterocycles. The molecule has 0 aromatic rings. The van der Waals surface area contributed by atoms with Crippen LogP contribution in [-0.2, 0) is 14.3 Å². The molecule has 0 spiro atoms. The van der Waals surface area contributed by atoms with Crippen molar-refractivity contribution in [2.24, 2.45) is 0 Å². The number of ether oxygens (including phenoxy) is 2. The molecule has 14 heavy (non-hydrogen) atoms. The van der Waals surface area contributed by atoms with Gasteiger partial charge in [0.05, 0.1) is 6.61 Å². The molecule has 0 aromatic carbocycles. The van der Waals surface area contributed by atoms with Crippen LogP contribution in [-0.4, -0.2) is 29.6 Å². The van der Waals surface area contributed by atoms with Gasteiger partial charge in [0.15, 0.2) is 6.29 Å². The van der Waals surface area contributed by atoms with Crippen LogP contribution in [0.25, 0.3) is 0 Å². The van der Waals surface area contributed by atoms with Crippen molar-refractivity contribution < 1.29 is 19.4 Å². The van der Waals surface area contributed by atoms with Crippen LogP contribution < -0.4 is 0 Å². The third-order valence-corrected chi connectivity index (χ3v) is 2.24. The molecule has 2 atom stereocenters. The van der Waals surface area contributed by atoms with Crippen molar-refractivity contribution in [1.29, 1.82) is 0 Å². The van der Waals surface area contributed by atoms with E-state index in [0.29, 0.717) is 25.0 Å². The summed E-state index contributed by atoms with van der Waals surface area (Å²) in [5.74, 6) is -0.415. The highest BCUT2D eigenvalue weighted by Gasteiger charge is 2.35. The predicted molar refractivity (Wildman–Crippen MR) is 50.5 cm³/mol. The zero-order valence-electron chi connectivity index (χ0n) is 8.58. The monoisotopic (exact) mass is 200 g/mol. The lowest BCUT2D eigenvalue weighted by Gasteiger charge is -2.35. The normalized spacial score (nSPS) is 32.4. The summed E-state index contributed by atoms with van der Waals surface area (Å²) in [6, 6.07) is 0. The van der Waals surface area contributed by atoms with Gasteiger partial charge in [0, 0.05) is 18.4 Å². The Balaban J connectivity index is 2.56. The summed E-state index contributed by atoms with van der Waals surface area (Å²) < 4.78 is 10.2. The van der Waals surface area contributed by atoms with Gasteiger partial charge >= 0.3 is 5.97 Å². The number of hydrogen-bond donors (Lipinski definition) is 1. The van der Waals surface area contributed by atoms with Crippen LogP contribution in [0.3, 0.4) is 0 Å². The van der Waals surface area contributed by atoms with Crippen LogP contribution >= 0.6 is 0 Å². The summed E-state index contributed by atoms with van der Waals surface area (Å²) in [5.41, 5.74) is -0.263. The number of hydrogen-bond acceptors (Lipinski definition) is 4. The SMILES string of the molecule is C=C(C)C(=O)OC1(C)CCOC(O)C1. The molecule has 0 aromatic heterocycles. The van der Waals surface area contributed by atoms with Gasteiger partial charge in [0.2, 0.25) is 0 Å². The summed E-state index contributed by atoms with van der Waals surface area (Å²) in [6.07, 6.45) is 0.0708. The van der Waals surface area contributed by atoms with Gasteiger partial charge in [-0.15, -0.1) is 0 Å². The predicted octanol–water partition coefficient (Wildman–Crippen LogP) is 0.993. The molecule has 0 aliphatic carbocycles. The van der Waals surface area contributed by atoms with Crippen molar-refractivity contribution in [1.82, 2.24) is 0 Å². The van der Waals surface area contributed by atoms with E-state index in [1.807, 2.05) is 0 Å². The third kappa shape index (κ3) is 2.82. The van der Waals surface area contributed by atoms with Gasteiger partial charge in [-0.2, -0.15) is 0 Å². The molecule has 4 heteroatoms. The smallest absolute Gasteiger partial charge is 0.333 e. The molecule has 1 fully saturated rings. The van der Waals surface area contributed by atoms with Crippen LogP contribution in [0.15, 0.2) is 12.2 Å². The van der Waals surface area contributed by atoms with Gasteiger partial charge in [-0.3, -0.25) is 0 Å². The molecule has 0 saturated carbocycles. The van der Waals surface area contributed by atoms with Gasteiger partial charge < -0.3 is 14.6 Å². The van der Waals surface area contributed by atoms with Gasteiger partial charge in [-0.25, -0.2) is 4.79 Å². The first-order valence-electron chi connectivity index (χ1n) is 4.61. The Morgan fingerprint density at radius 1 is 1.71 bits per heavy atom. The minimum Gasteiger partial charge on any atom is -0.456 e. The molecule has 0 amide bonds. The molecule has 1 aliphatic heterocycles. The summed E-state index contributed by atoms with van der Waals surface area (Å²) in [4.78, 5) is 11.3. The second-order valence-electron chi connectivity index (χ2n) is 3.90. The summed E-state index contributed by atoms with van der Waals surface area (Å²) in [5, 5.41) is 9.26. The Kier molecular flexibility index (Phi) is 3.29. The molecule has 1 aliphatic rings. The number of aliphatic hydroxyl groups is 1. The summed E-state index contributed by atoms with van der Waals surface area (Å²) >= 11 is 0. The Hall–Kier alpha value is -0.870. The maximum Gasteiger partial charge on any atom is 0.333 e. The molecule has 1 saturated heterocycles. The van der Waals surface area contributed by atoms with Gasteiger partial charge in [-0.05, 0) is 13.8 Å². The fourth-order valence-electron chi connectivity index (χ4n) is 1.34. The lowest BCUT2D eigenvalue weighted by atomic mass is 9.95. The number of carbonyl (C=O) groups excluding carboxylic acids is 1. The zero-order chi connectivity index (χ0) is 10.8. The molecule has 0 bridgehead atoms. The fraction of sp³-hybridized carbons (Fsp3) is 0.700. The average molecular weight is 200 g/mol. The molecule has 0 radical (unpaired) electrons. The Bertz CT molecular complexity index is 249. The van der Waals surface area contributed by atoms with E-state index in [1.165, 1.54) is 0 Å². The first kappa shape index (κ1) is 11.2. The minimum atomic E-state index is -0.841. The lowest BCUT2D eigenvalue weighted by Crippen LogP contribution is -2.42. The Morgan fingerprint density at radius 3 is 2.86 bits per heavy atom. The van der Waals surface area contributed by atoms with Crippen LogP contribution in [0, 0.1) is 0 Å². The van der Waals surface area contributed by atoms with Gasteiger partial charge in [-0.1, -0.05) is 6.58 Å². The van der Waals surface area contributed by atoms with E-state index in [0.717, 1.165) is 0 Å². The number of rotatable bonds is 2. The second kappa shape index (κ2) is 4.11. The topological polar surface area (TPSA) is 55.8 Å². The van der Waals surface area contributed by atoms with Crippen molar-refractivity contribution >= 4 is 5.97 Å². The Morgan fingerprint density at radius 2 is 2.36 bits per heavy atom. The maximum absolute atomic E-state index is 11.3. The van der Waals surface area contributed by atoms with Gasteiger partial charge in [0.1, 0.15) is 5.60 Å². The molecule has 1 N–H and O–H groups in total. The zero-order valence-corrected chi connectivity index (χ0v) is 8.58. The van der Waals surface area contributed by atoms with E-state index >= 15 is 0 Å². The highest BCUT2D eigenvalue weighted by molar-refractivity contribution is 5.87. The average Bonchev–Trinajstić information content (AvgIpc) is 2.02. The van der Waals surface area contributed by atoms with Crippen molar-refractivity contribution in [3.8, 4) is 0 Å². The molecule has 1 rings (SSSR count). The highest BCUT2D eigenvalue weighted by atomic mass is 16.6. The van der Waals surface area contributed by atoms with Crippen molar-refractivity contribution in [3.63, 3.8) is 0 Å². The van der Waals surface area contributed by atoms with Crippen LogP contribution in [0.2, 0.25) is 0 Å². The first-order chi connectivity index (χ1) is 6.43. The van der Waals surface area contributed by atoms with Crippen molar-refractivity contribution in [2.45, 2.75) is 38.6 Å². The first-order valence-corrected chi connectivity index (χ1v) is 4.61. The molecular formula is C10H16O4. The molecule has 80 valence electrons. The summed E-state index contributed by atoms with van der Waals surface area (Å²) in [6.45, 7) is 7.30. The second-order valence-corrected chi connectivity index (χ2v) is 3.90. The van der Waals surface area contributed by atoms with E-state index in [9.17, 15) is 9.90 Å². The lowest BCUT2D eigenvalue weighted by molar-refractivity contribution is -0.198. The standard InChI is InChI=1S/C10H16O4/c1-7(2)9(12)14-10(3)4-5-13-8(11)6-10/h8,11H,1,4-6H2,2-3H3. The third-order valence-electron chi connectivity index (χ3n) is 2.24. The number of esters is 1. The number of aliphatic hydroxyl groups excluding tert-OH is 1. The van der Waals surface area contributed by atoms with Gasteiger partial charge in [0.25, 0.3) is 0 Å². The fourth-order valence-corrected chi connectivity index (χ4v) is 1.34. The largest absolute Gasteiger partial charge is 0.456 e. The van der Waals surface area contributed by atoms with Crippen LogP contribution in [0.1, 0.15) is 26.7 Å². The van der Waals surface area contributed by atoms with Crippen LogP contribution in [0.4, 0.5) is 0 Å². The van der Waals surface area contributed by atoms with E-state index in [4.69, 9.17) is 9.47 Å². The summed E-state index contributed by atoms with van der Waals surface area (Å²) in [7, 11) is 0. The van der Waals surface area contributed by atoms with E-state index in [-0.39, 0.29) is 0 Å². The van der Waals surface area contributed by atoms with Crippen LogP contribution in [0.5, 0.6) is 0 Å². The molecular weight excluding hydrogens is 184 g/mol. The Labute approximate surface area is 83.5 Å². The number of carbonyl (C=O) groups is 1. The quantitative estimate of drug-likeness (QED) is 0.533.